The van der Waals surface area contributed by atoms with Crippen molar-refractivity contribution >= 4 is 0 Å². The summed E-state index contributed by atoms with van der Waals surface area (Å²) in [6.07, 6.45) is 6.16. The number of rotatable bonds is 2. The van der Waals surface area contributed by atoms with E-state index in [1.165, 1.54) is 31.2 Å². The third-order valence-electron chi connectivity index (χ3n) is 4.93. The molecule has 1 heterocycles. The summed E-state index contributed by atoms with van der Waals surface area (Å²) in [5.41, 5.74) is 1.54. The minimum Gasteiger partial charge on any atom is -0.373 e. The van der Waals surface area contributed by atoms with Gasteiger partial charge in [0.1, 0.15) is 0 Å². The molecule has 0 radical (unpaired) electrons. The minimum absolute atomic E-state index is 0.394. The molecule has 2 atom stereocenters. The molecule has 0 amide bonds. The first-order valence-electron chi connectivity index (χ1n) is 8.17. The molecule has 1 aliphatic carbocycles. The van der Waals surface area contributed by atoms with Gasteiger partial charge in [-0.2, -0.15) is 0 Å². The van der Waals surface area contributed by atoms with Crippen LogP contribution in [0.5, 0.6) is 0 Å². The molecule has 1 aromatic carbocycles. The molecule has 3 rings (SSSR count). The maximum atomic E-state index is 5.86. The van der Waals surface area contributed by atoms with Crippen LogP contribution in [0.1, 0.15) is 51.0 Å². The van der Waals surface area contributed by atoms with Gasteiger partial charge in [-0.3, -0.25) is 4.90 Å². The fourth-order valence-corrected chi connectivity index (χ4v) is 4.02. The zero-order chi connectivity index (χ0) is 13.9. The second kappa shape index (κ2) is 6.28. The normalized spacial score (nSPS) is 35.9. The summed E-state index contributed by atoms with van der Waals surface area (Å²) < 4.78 is 5.86. The Bertz CT molecular complexity index is 401. The summed E-state index contributed by atoms with van der Waals surface area (Å²) in [4.78, 5) is 2.68. The van der Waals surface area contributed by atoms with E-state index in [4.69, 9.17) is 4.74 Å². The zero-order valence-corrected chi connectivity index (χ0v) is 12.8. The third-order valence-corrected chi connectivity index (χ3v) is 4.93. The molecule has 2 aliphatic rings. The Morgan fingerprint density at radius 2 is 1.50 bits per heavy atom. The molecule has 1 saturated heterocycles. The van der Waals surface area contributed by atoms with Crippen molar-refractivity contribution < 1.29 is 4.74 Å². The van der Waals surface area contributed by atoms with Gasteiger partial charge in [0.05, 0.1) is 12.2 Å². The van der Waals surface area contributed by atoms with Gasteiger partial charge in [-0.15, -0.1) is 0 Å². The molecule has 110 valence electrons. The molecule has 0 N–H and O–H groups in total. The summed E-state index contributed by atoms with van der Waals surface area (Å²) in [5, 5.41) is 0. The summed E-state index contributed by atoms with van der Waals surface area (Å²) in [6.45, 7) is 6.65. The summed E-state index contributed by atoms with van der Waals surface area (Å²) in [5.74, 6) is 0.781. The fraction of sp³-hybridized carbons (Fsp3) is 0.667. The number of hydrogen-bond acceptors (Lipinski definition) is 2. The van der Waals surface area contributed by atoms with Crippen molar-refractivity contribution in [3.8, 4) is 0 Å². The van der Waals surface area contributed by atoms with Crippen molar-refractivity contribution in [2.45, 2.75) is 63.7 Å². The highest BCUT2D eigenvalue weighted by Gasteiger charge is 2.31. The lowest BCUT2D eigenvalue weighted by molar-refractivity contribution is -0.0844. The molecule has 2 fully saturated rings. The van der Waals surface area contributed by atoms with Crippen LogP contribution in [-0.4, -0.2) is 36.2 Å². The lowest BCUT2D eigenvalue weighted by Gasteiger charge is -2.43. The highest BCUT2D eigenvalue weighted by molar-refractivity contribution is 5.20. The van der Waals surface area contributed by atoms with Gasteiger partial charge in [0.25, 0.3) is 0 Å². The molecule has 2 nitrogen and oxygen atoms in total. The van der Waals surface area contributed by atoms with E-state index in [2.05, 4.69) is 49.1 Å². The van der Waals surface area contributed by atoms with E-state index in [0.717, 1.165) is 25.0 Å². The summed E-state index contributed by atoms with van der Waals surface area (Å²) >= 11 is 0. The van der Waals surface area contributed by atoms with Crippen molar-refractivity contribution in [1.82, 2.24) is 4.90 Å². The maximum absolute atomic E-state index is 5.86. The van der Waals surface area contributed by atoms with Crippen molar-refractivity contribution in [3.63, 3.8) is 0 Å². The highest BCUT2D eigenvalue weighted by atomic mass is 16.5. The van der Waals surface area contributed by atoms with Gasteiger partial charge >= 0.3 is 0 Å². The SMILES string of the molecule is CC1CN(C2CCC(c3ccccc3)CC2)CC(C)O1. The van der Waals surface area contributed by atoms with Crippen LogP contribution in [0.2, 0.25) is 0 Å². The zero-order valence-electron chi connectivity index (χ0n) is 12.8. The molecule has 1 aromatic rings. The van der Waals surface area contributed by atoms with Crippen LogP contribution in [0.4, 0.5) is 0 Å². The van der Waals surface area contributed by atoms with Gasteiger partial charge in [0.2, 0.25) is 0 Å². The van der Waals surface area contributed by atoms with Gasteiger partial charge in [0.15, 0.2) is 0 Å². The molecule has 20 heavy (non-hydrogen) atoms. The number of morpholine rings is 1. The Kier molecular flexibility index (Phi) is 4.42. The second-order valence-electron chi connectivity index (χ2n) is 6.63. The average Bonchev–Trinajstić information content (AvgIpc) is 2.47. The molecular formula is C18H27NO. The standard InChI is InChI=1S/C18H27NO/c1-14-12-19(13-15(2)20-14)18-10-8-17(9-11-18)16-6-4-3-5-7-16/h3-7,14-15,17-18H,8-13H2,1-2H3. The lowest BCUT2D eigenvalue weighted by atomic mass is 9.81. The van der Waals surface area contributed by atoms with Crippen LogP contribution in [0.25, 0.3) is 0 Å². The monoisotopic (exact) mass is 273 g/mol. The van der Waals surface area contributed by atoms with E-state index >= 15 is 0 Å². The first-order chi connectivity index (χ1) is 9.72. The molecule has 2 unspecified atom stereocenters. The first kappa shape index (κ1) is 14.1. The molecule has 0 bridgehead atoms. The Balaban J connectivity index is 1.56. The Labute approximate surface area is 123 Å². The third kappa shape index (κ3) is 3.24. The quantitative estimate of drug-likeness (QED) is 0.812. The number of hydrogen-bond donors (Lipinski definition) is 0. The summed E-state index contributed by atoms with van der Waals surface area (Å²) in [7, 11) is 0. The smallest absolute Gasteiger partial charge is 0.0678 e. The van der Waals surface area contributed by atoms with E-state index in [1.807, 2.05) is 0 Å². The molecule has 2 heteroatoms. The van der Waals surface area contributed by atoms with E-state index in [9.17, 15) is 0 Å². The Hall–Kier alpha value is -0.860. The predicted octanol–water partition coefficient (Wildman–Crippen LogP) is 3.82. The van der Waals surface area contributed by atoms with Crippen molar-refractivity contribution in [2.24, 2.45) is 0 Å². The predicted molar refractivity (Wildman–Crippen MR) is 83.0 cm³/mol. The van der Waals surface area contributed by atoms with Crippen molar-refractivity contribution in [1.29, 1.82) is 0 Å². The topological polar surface area (TPSA) is 12.5 Å². The first-order valence-corrected chi connectivity index (χ1v) is 8.17. The highest BCUT2D eigenvalue weighted by Crippen LogP contribution is 2.35. The molecular weight excluding hydrogens is 246 g/mol. The van der Waals surface area contributed by atoms with Crippen LogP contribution in [0, 0.1) is 0 Å². The van der Waals surface area contributed by atoms with Gasteiger partial charge in [-0.1, -0.05) is 30.3 Å². The van der Waals surface area contributed by atoms with Crippen LogP contribution in [-0.2, 0) is 4.74 Å². The van der Waals surface area contributed by atoms with Crippen molar-refractivity contribution in [2.75, 3.05) is 13.1 Å². The summed E-state index contributed by atoms with van der Waals surface area (Å²) in [6, 6.07) is 11.8. The van der Waals surface area contributed by atoms with Gasteiger partial charge in [-0.05, 0) is 51.0 Å². The largest absolute Gasteiger partial charge is 0.373 e. The van der Waals surface area contributed by atoms with Crippen LogP contribution < -0.4 is 0 Å². The number of nitrogens with zero attached hydrogens (tertiary/aromatic N) is 1. The lowest BCUT2D eigenvalue weighted by Crippen LogP contribution is -2.50. The average molecular weight is 273 g/mol. The van der Waals surface area contributed by atoms with E-state index < -0.39 is 0 Å². The van der Waals surface area contributed by atoms with Gasteiger partial charge < -0.3 is 4.74 Å². The van der Waals surface area contributed by atoms with Crippen LogP contribution in [0.3, 0.4) is 0 Å². The minimum atomic E-state index is 0.394. The number of ether oxygens (including phenoxy) is 1. The van der Waals surface area contributed by atoms with Crippen LogP contribution >= 0.6 is 0 Å². The van der Waals surface area contributed by atoms with E-state index in [1.54, 1.807) is 0 Å². The molecule has 1 saturated carbocycles. The Morgan fingerprint density at radius 1 is 0.900 bits per heavy atom. The second-order valence-corrected chi connectivity index (χ2v) is 6.63. The van der Waals surface area contributed by atoms with Crippen LogP contribution in [0.15, 0.2) is 30.3 Å². The van der Waals surface area contributed by atoms with Gasteiger partial charge in [-0.25, -0.2) is 0 Å². The Morgan fingerprint density at radius 3 is 2.10 bits per heavy atom. The van der Waals surface area contributed by atoms with Gasteiger partial charge in [0, 0.05) is 19.1 Å². The van der Waals surface area contributed by atoms with Crippen molar-refractivity contribution in [3.05, 3.63) is 35.9 Å². The fourth-order valence-electron chi connectivity index (χ4n) is 4.02. The molecule has 0 spiro atoms. The van der Waals surface area contributed by atoms with E-state index in [0.29, 0.717) is 12.2 Å². The molecule has 1 aliphatic heterocycles. The number of benzene rings is 1. The molecule has 0 aromatic heterocycles. The van der Waals surface area contributed by atoms with E-state index in [-0.39, 0.29) is 0 Å². The maximum Gasteiger partial charge on any atom is 0.0678 e.